The first-order chi connectivity index (χ1) is 12.4. The third-order valence-corrected chi connectivity index (χ3v) is 5.52. The fraction of sp³-hybridized carbons (Fsp3) is 0.381. The highest BCUT2D eigenvalue weighted by atomic mass is 35.5. The SMILES string of the molecule is CCC(C(=O)c1ccc(F)cc1)N1CCC(O)(c2ccc(Cl)cc2)CC1. The van der Waals surface area contributed by atoms with Crippen LogP contribution in [0.15, 0.2) is 48.5 Å². The number of likely N-dealkylation sites (tertiary alicyclic amines) is 1. The Labute approximate surface area is 158 Å². The molecule has 1 saturated heterocycles. The molecule has 0 aliphatic carbocycles. The number of piperidine rings is 1. The number of benzene rings is 2. The number of rotatable bonds is 5. The molecule has 26 heavy (non-hydrogen) atoms. The van der Waals surface area contributed by atoms with Gasteiger partial charge in [0.2, 0.25) is 0 Å². The Morgan fingerprint density at radius 1 is 1.15 bits per heavy atom. The number of Topliss-reactive ketones (excluding diaryl/α,β-unsaturated/α-hetero) is 1. The van der Waals surface area contributed by atoms with Crippen molar-refractivity contribution in [2.45, 2.75) is 37.8 Å². The summed E-state index contributed by atoms with van der Waals surface area (Å²) in [5, 5.41) is 11.6. The molecule has 1 unspecified atom stereocenters. The Morgan fingerprint density at radius 2 is 1.73 bits per heavy atom. The first kappa shape index (κ1) is 19.0. The van der Waals surface area contributed by atoms with E-state index in [1.54, 1.807) is 12.1 Å². The number of carbonyl (C=O) groups excluding carboxylic acids is 1. The fourth-order valence-electron chi connectivity index (χ4n) is 3.67. The summed E-state index contributed by atoms with van der Waals surface area (Å²) in [6.07, 6.45) is 1.79. The fourth-order valence-corrected chi connectivity index (χ4v) is 3.80. The summed E-state index contributed by atoms with van der Waals surface area (Å²) in [4.78, 5) is 14.9. The highest BCUT2D eigenvalue weighted by Crippen LogP contribution is 2.34. The number of ketones is 1. The summed E-state index contributed by atoms with van der Waals surface area (Å²) in [6, 6.07) is 12.7. The molecule has 138 valence electrons. The van der Waals surface area contributed by atoms with Gasteiger partial charge < -0.3 is 5.11 Å². The van der Waals surface area contributed by atoms with Gasteiger partial charge in [-0.1, -0.05) is 30.7 Å². The molecular weight excluding hydrogens is 353 g/mol. The van der Waals surface area contributed by atoms with Crippen LogP contribution >= 0.6 is 11.6 Å². The molecule has 3 nitrogen and oxygen atoms in total. The third-order valence-electron chi connectivity index (χ3n) is 5.27. The predicted octanol–water partition coefficient (Wildman–Crippen LogP) is 4.42. The largest absolute Gasteiger partial charge is 0.385 e. The molecule has 0 amide bonds. The number of hydrogen-bond acceptors (Lipinski definition) is 3. The summed E-state index contributed by atoms with van der Waals surface area (Å²) < 4.78 is 13.1. The van der Waals surface area contributed by atoms with E-state index < -0.39 is 5.60 Å². The standard InChI is InChI=1S/C21H23ClFNO2/c1-2-19(20(25)15-3-9-18(23)10-4-15)24-13-11-21(26,12-14-24)16-5-7-17(22)8-6-16/h3-10,19,26H,2,11-14H2,1H3. The van der Waals surface area contributed by atoms with Gasteiger partial charge in [0.05, 0.1) is 11.6 Å². The highest BCUT2D eigenvalue weighted by Gasteiger charge is 2.37. The molecule has 0 aromatic heterocycles. The molecule has 1 fully saturated rings. The van der Waals surface area contributed by atoms with Crippen molar-refractivity contribution in [3.63, 3.8) is 0 Å². The number of halogens is 2. The van der Waals surface area contributed by atoms with Gasteiger partial charge in [0.15, 0.2) is 5.78 Å². The van der Waals surface area contributed by atoms with E-state index in [9.17, 15) is 14.3 Å². The molecule has 2 aromatic carbocycles. The van der Waals surface area contributed by atoms with Crippen LogP contribution in [0, 0.1) is 5.82 Å². The summed E-state index contributed by atoms with van der Waals surface area (Å²) in [5.74, 6) is -0.343. The Morgan fingerprint density at radius 3 is 2.27 bits per heavy atom. The Bertz CT molecular complexity index is 753. The van der Waals surface area contributed by atoms with E-state index in [4.69, 9.17) is 11.6 Å². The smallest absolute Gasteiger partial charge is 0.179 e. The normalized spacial score (nSPS) is 18.5. The maximum atomic E-state index is 13.1. The topological polar surface area (TPSA) is 40.5 Å². The lowest BCUT2D eigenvalue weighted by molar-refractivity contribution is -0.0336. The molecule has 0 radical (unpaired) electrons. The molecule has 1 aliphatic heterocycles. The maximum absolute atomic E-state index is 13.1. The van der Waals surface area contributed by atoms with Crippen LogP contribution in [-0.2, 0) is 5.60 Å². The summed E-state index contributed by atoms with van der Waals surface area (Å²) in [7, 11) is 0. The van der Waals surface area contributed by atoms with E-state index in [0.29, 0.717) is 42.9 Å². The molecule has 0 bridgehead atoms. The van der Waals surface area contributed by atoms with Crippen molar-refractivity contribution in [2.24, 2.45) is 0 Å². The molecule has 1 aliphatic rings. The van der Waals surface area contributed by atoms with Crippen LogP contribution in [0.4, 0.5) is 4.39 Å². The molecule has 3 rings (SSSR count). The molecule has 0 spiro atoms. The second-order valence-corrected chi connectivity index (χ2v) is 7.31. The van der Waals surface area contributed by atoms with Crippen molar-refractivity contribution in [1.29, 1.82) is 0 Å². The van der Waals surface area contributed by atoms with Crippen LogP contribution in [-0.4, -0.2) is 34.9 Å². The van der Waals surface area contributed by atoms with Crippen LogP contribution in [0.3, 0.4) is 0 Å². The van der Waals surface area contributed by atoms with E-state index in [2.05, 4.69) is 4.90 Å². The number of hydrogen-bond donors (Lipinski definition) is 1. The van der Waals surface area contributed by atoms with Gasteiger partial charge >= 0.3 is 0 Å². The minimum Gasteiger partial charge on any atom is -0.385 e. The van der Waals surface area contributed by atoms with Crippen molar-refractivity contribution in [3.05, 3.63) is 70.5 Å². The second kappa shape index (κ2) is 7.87. The van der Waals surface area contributed by atoms with E-state index >= 15 is 0 Å². The van der Waals surface area contributed by atoms with Crippen molar-refractivity contribution in [3.8, 4) is 0 Å². The Balaban J connectivity index is 1.70. The average molecular weight is 376 g/mol. The lowest BCUT2D eigenvalue weighted by Crippen LogP contribution is -2.49. The minimum atomic E-state index is -0.891. The van der Waals surface area contributed by atoms with E-state index in [1.807, 2.05) is 19.1 Å². The zero-order valence-electron chi connectivity index (χ0n) is 14.8. The van der Waals surface area contributed by atoms with Crippen LogP contribution in [0.25, 0.3) is 0 Å². The zero-order valence-corrected chi connectivity index (χ0v) is 15.5. The lowest BCUT2D eigenvalue weighted by atomic mass is 9.83. The number of aliphatic hydroxyl groups is 1. The predicted molar refractivity (Wildman–Crippen MR) is 101 cm³/mol. The molecule has 0 saturated carbocycles. The van der Waals surface area contributed by atoms with Gasteiger partial charge in [-0.2, -0.15) is 0 Å². The van der Waals surface area contributed by atoms with E-state index in [1.165, 1.54) is 24.3 Å². The Kier molecular flexibility index (Phi) is 5.76. The molecule has 1 N–H and O–H groups in total. The number of nitrogens with zero attached hydrogens (tertiary/aromatic N) is 1. The first-order valence-corrected chi connectivity index (χ1v) is 9.33. The number of carbonyl (C=O) groups is 1. The molecular formula is C21H23ClFNO2. The first-order valence-electron chi connectivity index (χ1n) is 8.95. The molecule has 5 heteroatoms. The Hall–Kier alpha value is -1.75. The quantitative estimate of drug-likeness (QED) is 0.786. The zero-order chi connectivity index (χ0) is 18.7. The van der Waals surface area contributed by atoms with Gasteiger partial charge in [-0.25, -0.2) is 4.39 Å². The van der Waals surface area contributed by atoms with Gasteiger partial charge in [-0.15, -0.1) is 0 Å². The van der Waals surface area contributed by atoms with Gasteiger partial charge in [0.1, 0.15) is 5.82 Å². The average Bonchev–Trinajstić information content (AvgIpc) is 2.65. The van der Waals surface area contributed by atoms with Crippen LogP contribution in [0.2, 0.25) is 5.02 Å². The molecule has 2 aromatic rings. The van der Waals surface area contributed by atoms with E-state index in [0.717, 1.165) is 5.56 Å². The summed E-state index contributed by atoms with van der Waals surface area (Å²) in [5.41, 5.74) is 0.495. The molecule has 1 heterocycles. The lowest BCUT2D eigenvalue weighted by Gasteiger charge is -2.41. The monoisotopic (exact) mass is 375 g/mol. The summed E-state index contributed by atoms with van der Waals surface area (Å²) in [6.45, 7) is 3.24. The van der Waals surface area contributed by atoms with Crippen molar-refractivity contribution in [2.75, 3.05) is 13.1 Å². The van der Waals surface area contributed by atoms with Crippen LogP contribution in [0.5, 0.6) is 0 Å². The van der Waals surface area contributed by atoms with Crippen LogP contribution < -0.4 is 0 Å². The van der Waals surface area contributed by atoms with Gasteiger partial charge in [-0.05, 0) is 61.2 Å². The maximum Gasteiger partial charge on any atom is 0.179 e. The van der Waals surface area contributed by atoms with Gasteiger partial charge in [0.25, 0.3) is 0 Å². The highest BCUT2D eigenvalue weighted by molar-refractivity contribution is 6.30. The van der Waals surface area contributed by atoms with Crippen molar-refractivity contribution >= 4 is 17.4 Å². The third kappa shape index (κ3) is 3.98. The van der Waals surface area contributed by atoms with Gasteiger partial charge in [0, 0.05) is 23.7 Å². The molecule has 1 atom stereocenters. The minimum absolute atomic E-state index is 0.00410. The van der Waals surface area contributed by atoms with Crippen molar-refractivity contribution in [1.82, 2.24) is 4.90 Å². The van der Waals surface area contributed by atoms with E-state index in [-0.39, 0.29) is 17.6 Å². The van der Waals surface area contributed by atoms with Crippen LogP contribution in [0.1, 0.15) is 42.1 Å². The van der Waals surface area contributed by atoms with Gasteiger partial charge in [-0.3, -0.25) is 9.69 Å². The summed E-state index contributed by atoms with van der Waals surface area (Å²) >= 11 is 5.93. The second-order valence-electron chi connectivity index (χ2n) is 6.87. The van der Waals surface area contributed by atoms with Crippen molar-refractivity contribution < 1.29 is 14.3 Å².